The molecule has 10 heteroatoms. The highest BCUT2D eigenvalue weighted by Gasteiger charge is 2.49. The third-order valence-electron chi connectivity index (χ3n) is 4.97. The SMILES string of the molecule is CCC1(CC)NC(=O)N(CC(=O)OCC(=O)NCc2ccc(C(=O)OC)cc2)C1=O. The van der Waals surface area contributed by atoms with Gasteiger partial charge in [0.1, 0.15) is 12.1 Å². The van der Waals surface area contributed by atoms with Crippen LogP contribution in [0.15, 0.2) is 24.3 Å². The number of urea groups is 1. The van der Waals surface area contributed by atoms with Gasteiger partial charge in [0, 0.05) is 6.54 Å². The number of nitrogens with zero attached hydrogens (tertiary/aromatic N) is 1. The van der Waals surface area contributed by atoms with Gasteiger partial charge in [-0.2, -0.15) is 0 Å². The Morgan fingerprint density at radius 1 is 1.10 bits per heavy atom. The molecule has 0 unspecified atom stereocenters. The molecule has 0 aromatic heterocycles. The topological polar surface area (TPSA) is 131 Å². The van der Waals surface area contributed by atoms with E-state index in [9.17, 15) is 24.0 Å². The molecule has 1 saturated heterocycles. The molecule has 162 valence electrons. The molecule has 0 spiro atoms. The lowest BCUT2D eigenvalue weighted by Gasteiger charge is -2.22. The van der Waals surface area contributed by atoms with Gasteiger partial charge in [-0.05, 0) is 30.5 Å². The molecule has 0 atom stereocenters. The van der Waals surface area contributed by atoms with Crippen LogP contribution in [0.3, 0.4) is 0 Å². The number of nitrogens with one attached hydrogen (secondary N) is 2. The number of amides is 4. The van der Waals surface area contributed by atoms with Crippen molar-refractivity contribution in [3.05, 3.63) is 35.4 Å². The summed E-state index contributed by atoms with van der Waals surface area (Å²) in [5.74, 6) is -2.35. The van der Waals surface area contributed by atoms with E-state index in [0.29, 0.717) is 18.4 Å². The van der Waals surface area contributed by atoms with Gasteiger partial charge < -0.3 is 20.1 Å². The Labute approximate surface area is 173 Å². The number of ether oxygens (including phenoxy) is 2. The highest BCUT2D eigenvalue weighted by molar-refractivity contribution is 6.08. The summed E-state index contributed by atoms with van der Waals surface area (Å²) < 4.78 is 9.47. The van der Waals surface area contributed by atoms with E-state index in [-0.39, 0.29) is 6.54 Å². The molecular formula is C20H25N3O7. The fourth-order valence-corrected chi connectivity index (χ4v) is 3.00. The summed E-state index contributed by atoms with van der Waals surface area (Å²) in [6.45, 7) is 2.61. The Bertz CT molecular complexity index is 831. The van der Waals surface area contributed by atoms with Gasteiger partial charge in [-0.3, -0.25) is 19.3 Å². The summed E-state index contributed by atoms with van der Waals surface area (Å²) in [5.41, 5.74) is 0.118. The average Bonchev–Trinajstić information content (AvgIpc) is 3.00. The lowest BCUT2D eigenvalue weighted by Crippen LogP contribution is -2.46. The Morgan fingerprint density at radius 2 is 1.73 bits per heavy atom. The second-order valence-corrected chi connectivity index (χ2v) is 6.74. The van der Waals surface area contributed by atoms with Gasteiger partial charge in [-0.15, -0.1) is 0 Å². The molecule has 4 amide bonds. The first-order valence-corrected chi connectivity index (χ1v) is 9.50. The standard InChI is InChI=1S/C20H25N3O7/c1-4-20(5-2)18(27)23(19(28)22-20)11-16(25)30-12-15(24)21-10-13-6-8-14(9-7-13)17(26)29-3/h6-9H,4-5,10-12H2,1-3H3,(H,21,24)(H,22,28). The molecule has 10 nitrogen and oxygen atoms in total. The molecule has 1 aliphatic rings. The summed E-state index contributed by atoms with van der Waals surface area (Å²) in [7, 11) is 1.29. The zero-order chi connectivity index (χ0) is 22.3. The highest BCUT2D eigenvalue weighted by Crippen LogP contribution is 2.24. The molecule has 0 bridgehead atoms. The largest absolute Gasteiger partial charge is 0.465 e. The number of carbonyl (C=O) groups is 5. The first-order valence-electron chi connectivity index (χ1n) is 9.50. The van der Waals surface area contributed by atoms with Crippen LogP contribution >= 0.6 is 0 Å². The molecule has 1 heterocycles. The minimum absolute atomic E-state index is 0.167. The lowest BCUT2D eigenvalue weighted by atomic mass is 9.93. The van der Waals surface area contributed by atoms with Crippen LogP contribution in [0.5, 0.6) is 0 Å². The number of hydrogen-bond acceptors (Lipinski definition) is 7. The maximum Gasteiger partial charge on any atom is 0.337 e. The van der Waals surface area contributed by atoms with Crippen molar-refractivity contribution in [1.82, 2.24) is 15.5 Å². The van der Waals surface area contributed by atoms with E-state index in [0.717, 1.165) is 10.5 Å². The van der Waals surface area contributed by atoms with Gasteiger partial charge in [-0.25, -0.2) is 9.59 Å². The smallest absolute Gasteiger partial charge is 0.337 e. The zero-order valence-electron chi connectivity index (χ0n) is 17.1. The van der Waals surface area contributed by atoms with Crippen molar-refractivity contribution in [3.8, 4) is 0 Å². The van der Waals surface area contributed by atoms with E-state index in [1.54, 1.807) is 38.1 Å². The van der Waals surface area contributed by atoms with Crippen molar-refractivity contribution in [2.75, 3.05) is 20.3 Å². The molecular weight excluding hydrogens is 394 g/mol. The van der Waals surface area contributed by atoms with Gasteiger partial charge in [0.15, 0.2) is 6.61 Å². The van der Waals surface area contributed by atoms with Crippen LogP contribution in [-0.4, -0.2) is 60.5 Å². The van der Waals surface area contributed by atoms with Gasteiger partial charge >= 0.3 is 18.0 Å². The third-order valence-corrected chi connectivity index (χ3v) is 4.97. The molecule has 2 N–H and O–H groups in total. The molecule has 0 saturated carbocycles. The Hall–Kier alpha value is -3.43. The molecule has 1 fully saturated rings. The first kappa shape index (κ1) is 22.9. The van der Waals surface area contributed by atoms with E-state index in [1.165, 1.54) is 7.11 Å². The van der Waals surface area contributed by atoms with Crippen molar-refractivity contribution in [3.63, 3.8) is 0 Å². The molecule has 1 aliphatic heterocycles. The number of esters is 2. The Morgan fingerprint density at radius 3 is 2.27 bits per heavy atom. The molecule has 30 heavy (non-hydrogen) atoms. The quantitative estimate of drug-likeness (QED) is 0.446. The monoisotopic (exact) mass is 419 g/mol. The number of carbonyl (C=O) groups excluding carboxylic acids is 5. The number of benzene rings is 1. The third kappa shape index (κ3) is 5.13. The Kier molecular flexibility index (Phi) is 7.51. The van der Waals surface area contributed by atoms with Crippen LogP contribution in [0.25, 0.3) is 0 Å². The van der Waals surface area contributed by atoms with Gasteiger partial charge in [-0.1, -0.05) is 26.0 Å². The summed E-state index contributed by atoms with van der Waals surface area (Å²) in [6.07, 6.45) is 0.811. The number of hydrogen-bond donors (Lipinski definition) is 2. The highest BCUT2D eigenvalue weighted by atomic mass is 16.5. The lowest BCUT2D eigenvalue weighted by molar-refractivity contribution is -0.151. The van der Waals surface area contributed by atoms with Crippen molar-refractivity contribution in [2.24, 2.45) is 0 Å². The van der Waals surface area contributed by atoms with Gasteiger partial charge in [0.25, 0.3) is 11.8 Å². The molecule has 1 aromatic rings. The predicted molar refractivity (Wildman–Crippen MR) is 104 cm³/mol. The average molecular weight is 419 g/mol. The van der Waals surface area contributed by atoms with Crippen LogP contribution in [0.1, 0.15) is 42.6 Å². The number of methoxy groups -OCH3 is 1. The number of rotatable bonds is 9. The van der Waals surface area contributed by atoms with Crippen LogP contribution in [0, 0.1) is 0 Å². The van der Waals surface area contributed by atoms with Crippen LogP contribution in [0.2, 0.25) is 0 Å². The summed E-state index contributed by atoms with van der Waals surface area (Å²) in [6, 6.07) is 5.80. The molecule has 1 aromatic carbocycles. The minimum Gasteiger partial charge on any atom is -0.465 e. The van der Waals surface area contributed by atoms with E-state index in [2.05, 4.69) is 15.4 Å². The first-order chi connectivity index (χ1) is 14.3. The zero-order valence-corrected chi connectivity index (χ0v) is 17.1. The molecule has 0 radical (unpaired) electrons. The maximum absolute atomic E-state index is 12.4. The fourth-order valence-electron chi connectivity index (χ4n) is 3.00. The van der Waals surface area contributed by atoms with E-state index >= 15 is 0 Å². The Balaban J connectivity index is 1.78. The van der Waals surface area contributed by atoms with Crippen LogP contribution < -0.4 is 10.6 Å². The van der Waals surface area contributed by atoms with Crippen molar-refractivity contribution < 1.29 is 33.4 Å². The summed E-state index contributed by atoms with van der Waals surface area (Å²) >= 11 is 0. The molecule has 0 aliphatic carbocycles. The van der Waals surface area contributed by atoms with Crippen LogP contribution in [-0.2, 0) is 30.4 Å². The molecule has 2 rings (SSSR count). The van der Waals surface area contributed by atoms with E-state index < -0.39 is 48.5 Å². The predicted octanol–water partition coefficient (Wildman–Crippen LogP) is 0.743. The van der Waals surface area contributed by atoms with Gasteiger partial charge in [0.05, 0.1) is 12.7 Å². The van der Waals surface area contributed by atoms with Gasteiger partial charge in [0.2, 0.25) is 0 Å². The van der Waals surface area contributed by atoms with Crippen molar-refractivity contribution in [1.29, 1.82) is 0 Å². The summed E-state index contributed by atoms with van der Waals surface area (Å²) in [5, 5.41) is 5.18. The maximum atomic E-state index is 12.4. The number of imide groups is 1. The second kappa shape index (κ2) is 9.86. The summed E-state index contributed by atoms with van der Waals surface area (Å²) in [4.78, 5) is 60.5. The van der Waals surface area contributed by atoms with Crippen molar-refractivity contribution in [2.45, 2.75) is 38.8 Å². The van der Waals surface area contributed by atoms with E-state index in [4.69, 9.17) is 4.74 Å². The normalized spacial score (nSPS) is 14.8. The minimum atomic E-state index is -1.00. The van der Waals surface area contributed by atoms with E-state index in [1.807, 2.05) is 0 Å². The van der Waals surface area contributed by atoms with Crippen LogP contribution in [0.4, 0.5) is 4.79 Å². The second-order valence-electron chi connectivity index (χ2n) is 6.74. The van der Waals surface area contributed by atoms with Crippen molar-refractivity contribution >= 4 is 29.8 Å². The fraction of sp³-hybridized carbons (Fsp3) is 0.450.